The number of nitrogens with one attached hydrogen (secondary N) is 1. The van der Waals surface area contributed by atoms with E-state index < -0.39 is 0 Å². The van der Waals surface area contributed by atoms with Gasteiger partial charge in [0.15, 0.2) is 0 Å². The molecule has 2 nitrogen and oxygen atoms in total. The van der Waals surface area contributed by atoms with Gasteiger partial charge >= 0.3 is 0 Å². The number of benzene rings is 1. The van der Waals surface area contributed by atoms with Crippen LogP contribution in [0.15, 0.2) is 24.3 Å². The second-order valence-electron chi connectivity index (χ2n) is 5.82. The van der Waals surface area contributed by atoms with Gasteiger partial charge in [0.05, 0.1) is 0 Å². The van der Waals surface area contributed by atoms with Crippen molar-refractivity contribution in [1.82, 2.24) is 10.2 Å². The van der Waals surface area contributed by atoms with Crippen molar-refractivity contribution in [3.8, 4) is 0 Å². The normalized spacial score (nSPS) is 17.5. The summed E-state index contributed by atoms with van der Waals surface area (Å²) in [7, 11) is 2.28. The first-order valence-electron chi connectivity index (χ1n) is 7.71. The molecule has 0 aromatic heterocycles. The molecule has 1 aromatic carbocycles. The van der Waals surface area contributed by atoms with Crippen LogP contribution in [0.25, 0.3) is 0 Å². The van der Waals surface area contributed by atoms with E-state index in [-0.39, 0.29) is 0 Å². The molecule has 1 atom stereocenters. The summed E-state index contributed by atoms with van der Waals surface area (Å²) in [5, 5.41) is 3.64. The van der Waals surface area contributed by atoms with E-state index in [1.54, 1.807) is 0 Å². The van der Waals surface area contributed by atoms with E-state index in [1.807, 2.05) is 0 Å². The van der Waals surface area contributed by atoms with Gasteiger partial charge in [-0.2, -0.15) is 0 Å². The predicted molar refractivity (Wildman–Crippen MR) is 82.5 cm³/mol. The summed E-state index contributed by atoms with van der Waals surface area (Å²) in [5.74, 6) is 0. The first-order chi connectivity index (χ1) is 9.22. The predicted octanol–water partition coefficient (Wildman–Crippen LogP) is 3.52. The molecule has 1 unspecified atom stereocenters. The maximum Gasteiger partial charge on any atom is 0.0334 e. The highest BCUT2D eigenvalue weighted by atomic mass is 15.1. The van der Waals surface area contributed by atoms with Crippen LogP contribution >= 0.6 is 0 Å². The number of hydrogen-bond acceptors (Lipinski definition) is 2. The van der Waals surface area contributed by atoms with E-state index in [0.717, 1.165) is 12.6 Å². The second-order valence-corrected chi connectivity index (χ2v) is 5.82. The molecule has 19 heavy (non-hydrogen) atoms. The quantitative estimate of drug-likeness (QED) is 0.807. The number of hydrogen-bond donors (Lipinski definition) is 1. The van der Waals surface area contributed by atoms with Crippen molar-refractivity contribution < 1.29 is 0 Å². The highest BCUT2D eigenvalue weighted by molar-refractivity contribution is 5.28. The molecule has 0 heterocycles. The van der Waals surface area contributed by atoms with E-state index in [1.165, 1.54) is 43.4 Å². The fourth-order valence-corrected chi connectivity index (χ4v) is 2.93. The van der Waals surface area contributed by atoms with E-state index >= 15 is 0 Å². The van der Waals surface area contributed by atoms with E-state index in [2.05, 4.69) is 55.4 Å². The highest BCUT2D eigenvalue weighted by Gasteiger charge is 2.22. The minimum absolute atomic E-state index is 0.494. The Morgan fingerprint density at radius 1 is 1.32 bits per heavy atom. The standard InChI is InChI=1S/C17H28N2/c1-4-18-17(16-11-6-5-8-14(16)2)12-13-19(3)15-9-7-10-15/h5-6,8,11,15,17-18H,4,7,9-10,12-13H2,1-3H3. The van der Waals surface area contributed by atoms with E-state index in [0.29, 0.717) is 6.04 Å². The second kappa shape index (κ2) is 7.06. The highest BCUT2D eigenvalue weighted by Crippen LogP contribution is 2.26. The Morgan fingerprint density at radius 2 is 2.05 bits per heavy atom. The first-order valence-corrected chi connectivity index (χ1v) is 7.71. The molecule has 1 aromatic rings. The molecule has 1 N–H and O–H groups in total. The molecule has 0 amide bonds. The number of nitrogens with zero attached hydrogens (tertiary/aromatic N) is 1. The average Bonchev–Trinajstić information content (AvgIpc) is 2.33. The fraction of sp³-hybridized carbons (Fsp3) is 0.647. The molecule has 0 bridgehead atoms. The van der Waals surface area contributed by atoms with Gasteiger partial charge in [0.1, 0.15) is 0 Å². The summed E-state index contributed by atoms with van der Waals surface area (Å²) < 4.78 is 0. The first kappa shape index (κ1) is 14.5. The van der Waals surface area contributed by atoms with Gasteiger partial charge in [-0.15, -0.1) is 0 Å². The van der Waals surface area contributed by atoms with E-state index in [4.69, 9.17) is 0 Å². The molecule has 2 rings (SSSR count). The number of rotatable bonds is 7. The third-order valence-corrected chi connectivity index (χ3v) is 4.48. The van der Waals surface area contributed by atoms with Crippen molar-refractivity contribution in [2.75, 3.05) is 20.1 Å². The van der Waals surface area contributed by atoms with Crippen molar-refractivity contribution in [3.63, 3.8) is 0 Å². The minimum atomic E-state index is 0.494. The van der Waals surface area contributed by atoms with Gasteiger partial charge in [-0.1, -0.05) is 37.6 Å². The van der Waals surface area contributed by atoms with Gasteiger partial charge in [0.2, 0.25) is 0 Å². The smallest absolute Gasteiger partial charge is 0.0334 e. The van der Waals surface area contributed by atoms with Gasteiger partial charge in [0, 0.05) is 12.1 Å². The van der Waals surface area contributed by atoms with Crippen LogP contribution in [0.2, 0.25) is 0 Å². The van der Waals surface area contributed by atoms with Gasteiger partial charge in [0.25, 0.3) is 0 Å². The van der Waals surface area contributed by atoms with Crippen LogP contribution in [0, 0.1) is 6.92 Å². The third kappa shape index (κ3) is 3.80. The zero-order valence-corrected chi connectivity index (χ0v) is 12.7. The lowest BCUT2D eigenvalue weighted by atomic mass is 9.91. The van der Waals surface area contributed by atoms with Gasteiger partial charge in [-0.05, 0) is 57.5 Å². The summed E-state index contributed by atoms with van der Waals surface area (Å²) in [6, 6.07) is 10.1. The Labute approximate surface area is 118 Å². The van der Waals surface area contributed by atoms with Crippen LogP contribution < -0.4 is 5.32 Å². The Morgan fingerprint density at radius 3 is 2.63 bits per heavy atom. The number of aryl methyl sites for hydroxylation is 1. The van der Waals surface area contributed by atoms with Gasteiger partial charge < -0.3 is 10.2 Å². The van der Waals surface area contributed by atoms with Crippen molar-refractivity contribution in [2.45, 2.75) is 51.6 Å². The van der Waals surface area contributed by atoms with Crippen LogP contribution in [0.5, 0.6) is 0 Å². The molecular weight excluding hydrogens is 232 g/mol. The van der Waals surface area contributed by atoms with Crippen LogP contribution in [0.4, 0.5) is 0 Å². The maximum absolute atomic E-state index is 3.64. The lowest BCUT2D eigenvalue weighted by Crippen LogP contribution is -2.39. The fourth-order valence-electron chi connectivity index (χ4n) is 2.93. The lowest BCUT2D eigenvalue weighted by molar-refractivity contribution is 0.153. The summed E-state index contributed by atoms with van der Waals surface area (Å²) in [6.45, 7) is 6.64. The third-order valence-electron chi connectivity index (χ3n) is 4.48. The molecule has 2 heteroatoms. The van der Waals surface area contributed by atoms with Crippen molar-refractivity contribution in [2.24, 2.45) is 0 Å². The Bertz CT molecular complexity index is 385. The van der Waals surface area contributed by atoms with Crippen molar-refractivity contribution >= 4 is 0 Å². The zero-order valence-electron chi connectivity index (χ0n) is 12.7. The summed E-state index contributed by atoms with van der Waals surface area (Å²) in [4.78, 5) is 2.55. The Hall–Kier alpha value is -0.860. The topological polar surface area (TPSA) is 15.3 Å². The Balaban J connectivity index is 1.94. The molecule has 1 fully saturated rings. The maximum atomic E-state index is 3.64. The molecule has 1 aliphatic rings. The molecule has 0 saturated heterocycles. The lowest BCUT2D eigenvalue weighted by Gasteiger charge is -2.35. The monoisotopic (exact) mass is 260 g/mol. The molecule has 0 radical (unpaired) electrons. The average molecular weight is 260 g/mol. The van der Waals surface area contributed by atoms with Crippen LogP contribution in [-0.2, 0) is 0 Å². The van der Waals surface area contributed by atoms with Gasteiger partial charge in [-0.25, -0.2) is 0 Å². The molecule has 0 aliphatic heterocycles. The molecule has 106 valence electrons. The van der Waals surface area contributed by atoms with E-state index in [9.17, 15) is 0 Å². The summed E-state index contributed by atoms with van der Waals surface area (Å²) >= 11 is 0. The molecule has 0 spiro atoms. The van der Waals surface area contributed by atoms with Gasteiger partial charge in [-0.3, -0.25) is 0 Å². The molecule has 1 saturated carbocycles. The SMILES string of the molecule is CCNC(CCN(C)C1CCC1)c1ccccc1C. The largest absolute Gasteiger partial charge is 0.310 e. The Kier molecular flexibility index (Phi) is 5.41. The summed E-state index contributed by atoms with van der Waals surface area (Å²) in [5.41, 5.74) is 2.87. The van der Waals surface area contributed by atoms with Crippen LogP contribution in [0.3, 0.4) is 0 Å². The molecule has 1 aliphatic carbocycles. The van der Waals surface area contributed by atoms with Crippen LogP contribution in [0.1, 0.15) is 49.8 Å². The minimum Gasteiger partial charge on any atom is -0.310 e. The van der Waals surface area contributed by atoms with Crippen molar-refractivity contribution in [3.05, 3.63) is 35.4 Å². The van der Waals surface area contributed by atoms with Crippen molar-refractivity contribution in [1.29, 1.82) is 0 Å². The zero-order chi connectivity index (χ0) is 13.7. The van der Waals surface area contributed by atoms with Crippen LogP contribution in [-0.4, -0.2) is 31.1 Å². The summed E-state index contributed by atoms with van der Waals surface area (Å²) in [6.07, 6.45) is 5.41. The molecular formula is C17H28N2.